The number of carbonyl (C=O) groups excluding carboxylic acids is 2. The van der Waals surface area contributed by atoms with Gasteiger partial charge in [0.1, 0.15) is 5.78 Å². The van der Waals surface area contributed by atoms with Crippen molar-refractivity contribution in [3.05, 3.63) is 0 Å². The van der Waals surface area contributed by atoms with Crippen molar-refractivity contribution in [3.8, 4) is 0 Å². The first-order valence-electron chi connectivity index (χ1n) is 7.09. The second kappa shape index (κ2) is 7.52. The summed E-state index contributed by atoms with van der Waals surface area (Å²) in [7, 11) is 0. The highest BCUT2D eigenvalue weighted by Gasteiger charge is 2.26. The van der Waals surface area contributed by atoms with Gasteiger partial charge in [0.15, 0.2) is 0 Å². The molecule has 0 radical (unpaired) electrons. The van der Waals surface area contributed by atoms with Gasteiger partial charge in [0.2, 0.25) is 5.91 Å². The fourth-order valence-corrected chi connectivity index (χ4v) is 2.68. The van der Waals surface area contributed by atoms with Gasteiger partial charge in [-0.1, -0.05) is 6.42 Å². The predicted molar refractivity (Wildman–Crippen MR) is 72.4 cm³/mol. The molecule has 0 aromatic carbocycles. The number of piperidine rings is 1. The standard InChI is InChI=1S/C14H26N2O2/c1-4-15(5-2)14(18)11-16-9-7-6-8-13(16)10-12(3)17/h13H,4-11H2,1-3H3. The maximum atomic E-state index is 12.1. The molecule has 18 heavy (non-hydrogen) atoms. The SMILES string of the molecule is CCN(CC)C(=O)CN1CCCCC1CC(C)=O. The lowest BCUT2D eigenvalue weighted by atomic mass is 9.98. The molecule has 1 heterocycles. The lowest BCUT2D eigenvalue weighted by Crippen LogP contribution is -2.47. The van der Waals surface area contributed by atoms with Gasteiger partial charge in [-0.2, -0.15) is 0 Å². The number of carbonyl (C=O) groups is 2. The number of ketones is 1. The zero-order chi connectivity index (χ0) is 13.5. The summed E-state index contributed by atoms with van der Waals surface area (Å²) in [6, 6.07) is 0.274. The normalized spacial score (nSPS) is 20.7. The molecule has 1 aliphatic rings. The molecule has 0 bridgehead atoms. The number of hydrogen-bond donors (Lipinski definition) is 0. The Balaban J connectivity index is 2.55. The van der Waals surface area contributed by atoms with Gasteiger partial charge in [-0.05, 0) is 40.2 Å². The molecule has 0 spiro atoms. The zero-order valence-corrected chi connectivity index (χ0v) is 11.9. The van der Waals surface area contributed by atoms with E-state index in [0.29, 0.717) is 13.0 Å². The van der Waals surface area contributed by atoms with Crippen LogP contribution in [-0.2, 0) is 9.59 Å². The fourth-order valence-electron chi connectivity index (χ4n) is 2.68. The summed E-state index contributed by atoms with van der Waals surface area (Å²) in [4.78, 5) is 27.4. The van der Waals surface area contributed by atoms with Crippen LogP contribution < -0.4 is 0 Å². The molecule has 4 heteroatoms. The van der Waals surface area contributed by atoms with E-state index < -0.39 is 0 Å². The molecule has 1 fully saturated rings. The smallest absolute Gasteiger partial charge is 0.236 e. The second-order valence-electron chi connectivity index (χ2n) is 5.09. The van der Waals surface area contributed by atoms with Gasteiger partial charge in [-0.3, -0.25) is 14.5 Å². The molecule has 1 saturated heterocycles. The summed E-state index contributed by atoms with van der Waals surface area (Å²) >= 11 is 0. The lowest BCUT2D eigenvalue weighted by Gasteiger charge is -2.35. The third-order valence-electron chi connectivity index (χ3n) is 3.73. The molecule has 104 valence electrons. The van der Waals surface area contributed by atoms with Gasteiger partial charge < -0.3 is 4.90 Å². The average Bonchev–Trinajstić information content (AvgIpc) is 2.32. The molecule has 4 nitrogen and oxygen atoms in total. The van der Waals surface area contributed by atoms with Gasteiger partial charge >= 0.3 is 0 Å². The van der Waals surface area contributed by atoms with E-state index in [1.807, 2.05) is 18.7 Å². The van der Waals surface area contributed by atoms with Gasteiger partial charge in [0.25, 0.3) is 0 Å². The Kier molecular flexibility index (Phi) is 6.33. The number of likely N-dealkylation sites (tertiary alicyclic amines) is 1. The van der Waals surface area contributed by atoms with Crippen LogP contribution in [0.25, 0.3) is 0 Å². The Hall–Kier alpha value is -0.900. The summed E-state index contributed by atoms with van der Waals surface area (Å²) in [5.41, 5.74) is 0. The number of nitrogens with zero attached hydrogens (tertiary/aromatic N) is 2. The Labute approximate surface area is 110 Å². The van der Waals surface area contributed by atoms with E-state index in [-0.39, 0.29) is 17.7 Å². The van der Waals surface area contributed by atoms with Gasteiger partial charge in [-0.15, -0.1) is 0 Å². The first kappa shape index (κ1) is 15.2. The Bertz CT molecular complexity index is 288. The topological polar surface area (TPSA) is 40.6 Å². The van der Waals surface area contributed by atoms with Crippen molar-refractivity contribution in [2.45, 2.75) is 52.5 Å². The first-order chi connectivity index (χ1) is 8.58. The molecule has 1 atom stereocenters. The van der Waals surface area contributed by atoms with Crippen molar-refractivity contribution in [1.29, 1.82) is 0 Å². The van der Waals surface area contributed by atoms with E-state index in [9.17, 15) is 9.59 Å². The minimum absolute atomic E-state index is 0.190. The molecule has 0 aliphatic carbocycles. The minimum atomic E-state index is 0.190. The van der Waals surface area contributed by atoms with Crippen molar-refractivity contribution >= 4 is 11.7 Å². The fraction of sp³-hybridized carbons (Fsp3) is 0.857. The molecular weight excluding hydrogens is 228 g/mol. The minimum Gasteiger partial charge on any atom is -0.342 e. The van der Waals surface area contributed by atoms with Crippen molar-refractivity contribution < 1.29 is 9.59 Å². The number of rotatable bonds is 6. The first-order valence-corrected chi connectivity index (χ1v) is 7.09. The van der Waals surface area contributed by atoms with Crippen LogP contribution in [0.5, 0.6) is 0 Å². The molecule has 0 aromatic heterocycles. The van der Waals surface area contributed by atoms with E-state index >= 15 is 0 Å². The van der Waals surface area contributed by atoms with E-state index in [1.165, 1.54) is 6.42 Å². The summed E-state index contributed by atoms with van der Waals surface area (Å²) in [6.07, 6.45) is 3.95. The molecule has 1 rings (SSSR count). The van der Waals surface area contributed by atoms with Crippen LogP contribution in [-0.4, -0.2) is 53.7 Å². The van der Waals surface area contributed by atoms with E-state index in [0.717, 1.165) is 32.5 Å². The maximum absolute atomic E-state index is 12.1. The highest BCUT2D eigenvalue weighted by molar-refractivity contribution is 5.79. The lowest BCUT2D eigenvalue weighted by molar-refractivity contribution is -0.133. The third-order valence-corrected chi connectivity index (χ3v) is 3.73. The monoisotopic (exact) mass is 254 g/mol. The van der Waals surface area contributed by atoms with E-state index in [4.69, 9.17) is 0 Å². The quantitative estimate of drug-likeness (QED) is 0.724. The summed E-state index contributed by atoms with van der Waals surface area (Å²) in [6.45, 7) is 8.60. The molecule has 0 aromatic rings. The van der Waals surface area contributed by atoms with Crippen LogP contribution >= 0.6 is 0 Å². The second-order valence-corrected chi connectivity index (χ2v) is 5.09. The Morgan fingerprint density at radius 1 is 1.22 bits per heavy atom. The number of likely N-dealkylation sites (N-methyl/N-ethyl adjacent to an activating group) is 1. The van der Waals surface area contributed by atoms with Crippen LogP contribution in [0, 0.1) is 0 Å². The molecule has 1 unspecified atom stereocenters. The number of amides is 1. The average molecular weight is 254 g/mol. The maximum Gasteiger partial charge on any atom is 0.236 e. The van der Waals surface area contributed by atoms with Crippen LogP contribution in [0.4, 0.5) is 0 Å². The van der Waals surface area contributed by atoms with Crippen LogP contribution in [0.1, 0.15) is 46.5 Å². The summed E-state index contributed by atoms with van der Waals surface area (Å²) in [5.74, 6) is 0.414. The van der Waals surface area contributed by atoms with Crippen LogP contribution in [0.3, 0.4) is 0 Å². The number of Topliss-reactive ketones (excluding diaryl/α,β-unsaturated/α-hetero) is 1. The van der Waals surface area contributed by atoms with Gasteiger partial charge in [-0.25, -0.2) is 0 Å². The summed E-state index contributed by atoms with van der Waals surface area (Å²) in [5, 5.41) is 0. The molecular formula is C14H26N2O2. The largest absolute Gasteiger partial charge is 0.342 e. The van der Waals surface area contributed by atoms with Gasteiger partial charge in [0.05, 0.1) is 6.54 Å². The molecule has 1 aliphatic heterocycles. The predicted octanol–water partition coefficient (Wildman–Crippen LogP) is 1.69. The van der Waals surface area contributed by atoms with Crippen molar-refractivity contribution in [3.63, 3.8) is 0 Å². The Morgan fingerprint density at radius 3 is 2.44 bits per heavy atom. The van der Waals surface area contributed by atoms with E-state index in [2.05, 4.69) is 4.90 Å². The van der Waals surface area contributed by atoms with E-state index in [1.54, 1.807) is 6.92 Å². The molecule has 0 N–H and O–H groups in total. The van der Waals surface area contributed by atoms with Crippen LogP contribution in [0.2, 0.25) is 0 Å². The molecule has 0 saturated carbocycles. The van der Waals surface area contributed by atoms with Crippen molar-refractivity contribution in [2.75, 3.05) is 26.2 Å². The third kappa shape index (κ3) is 4.41. The van der Waals surface area contributed by atoms with Crippen LogP contribution in [0.15, 0.2) is 0 Å². The highest BCUT2D eigenvalue weighted by Crippen LogP contribution is 2.19. The van der Waals surface area contributed by atoms with Crippen molar-refractivity contribution in [1.82, 2.24) is 9.80 Å². The Morgan fingerprint density at radius 2 is 1.89 bits per heavy atom. The highest BCUT2D eigenvalue weighted by atomic mass is 16.2. The zero-order valence-electron chi connectivity index (χ0n) is 11.9. The summed E-state index contributed by atoms with van der Waals surface area (Å²) < 4.78 is 0. The van der Waals surface area contributed by atoms with Crippen molar-refractivity contribution in [2.24, 2.45) is 0 Å². The molecule has 1 amide bonds. The van der Waals surface area contributed by atoms with Gasteiger partial charge in [0, 0.05) is 25.6 Å². The number of hydrogen-bond acceptors (Lipinski definition) is 3.